The maximum atomic E-state index is 4.62. The first kappa shape index (κ1) is 16.2. The van der Waals surface area contributed by atoms with Crippen molar-refractivity contribution in [3.8, 4) is 0 Å². The van der Waals surface area contributed by atoms with Crippen molar-refractivity contribution in [2.24, 2.45) is 5.92 Å². The van der Waals surface area contributed by atoms with E-state index < -0.39 is 0 Å². The van der Waals surface area contributed by atoms with E-state index in [0.29, 0.717) is 5.92 Å². The molecule has 0 unspecified atom stereocenters. The lowest BCUT2D eigenvalue weighted by molar-refractivity contribution is 0.381. The molecule has 3 aromatic heterocycles. The van der Waals surface area contributed by atoms with Crippen LogP contribution in [-0.2, 0) is 6.54 Å². The Morgan fingerprint density at radius 3 is 2.88 bits per heavy atom. The molecule has 9 heteroatoms. The van der Waals surface area contributed by atoms with Gasteiger partial charge in [-0.2, -0.15) is 4.52 Å². The van der Waals surface area contributed by atoms with Crippen molar-refractivity contribution in [1.82, 2.24) is 30.1 Å². The van der Waals surface area contributed by atoms with E-state index in [4.69, 9.17) is 0 Å². The van der Waals surface area contributed by atoms with Crippen LogP contribution < -0.4 is 15.1 Å². The number of nitrogens with one attached hydrogen (secondary N) is 1. The van der Waals surface area contributed by atoms with Gasteiger partial charge in [0.25, 0.3) is 0 Å². The molecule has 1 N–H and O–H groups in total. The SMILES string of the molecule is Cc1nnc2ccc(N3CC(CNCc4cnc(N(C)C)s4)C3)nn12. The second-order valence-electron chi connectivity index (χ2n) is 6.61. The highest BCUT2D eigenvalue weighted by molar-refractivity contribution is 7.15. The van der Waals surface area contributed by atoms with Crippen molar-refractivity contribution < 1.29 is 0 Å². The molecule has 3 aromatic rings. The molecule has 1 aliphatic heterocycles. The molecule has 0 bridgehead atoms. The first-order valence-corrected chi connectivity index (χ1v) is 9.18. The lowest BCUT2D eigenvalue weighted by Crippen LogP contribution is -2.51. The standard InChI is InChI=1S/C16H22N8S/c1-11-19-20-14-4-5-15(21-24(11)14)23-9-12(10-23)6-17-7-13-8-18-16(25-13)22(2)3/h4-5,8,12,17H,6-7,9-10H2,1-3H3. The predicted molar refractivity (Wildman–Crippen MR) is 99.4 cm³/mol. The lowest BCUT2D eigenvalue weighted by Gasteiger charge is -2.40. The minimum absolute atomic E-state index is 0.653. The highest BCUT2D eigenvalue weighted by atomic mass is 32.1. The van der Waals surface area contributed by atoms with Crippen LogP contribution in [0.25, 0.3) is 5.65 Å². The van der Waals surface area contributed by atoms with Crippen LogP contribution in [0.1, 0.15) is 10.7 Å². The zero-order chi connectivity index (χ0) is 17.4. The van der Waals surface area contributed by atoms with Crippen molar-refractivity contribution in [3.05, 3.63) is 29.0 Å². The number of rotatable bonds is 6. The van der Waals surface area contributed by atoms with Gasteiger partial charge >= 0.3 is 0 Å². The van der Waals surface area contributed by atoms with E-state index in [1.165, 1.54) is 4.88 Å². The van der Waals surface area contributed by atoms with Gasteiger partial charge < -0.3 is 15.1 Å². The van der Waals surface area contributed by atoms with Crippen molar-refractivity contribution in [2.45, 2.75) is 13.5 Å². The van der Waals surface area contributed by atoms with E-state index >= 15 is 0 Å². The normalized spacial score (nSPS) is 14.9. The predicted octanol–water partition coefficient (Wildman–Crippen LogP) is 1.18. The van der Waals surface area contributed by atoms with Gasteiger partial charge in [-0.25, -0.2) is 4.98 Å². The molecule has 0 amide bonds. The van der Waals surface area contributed by atoms with E-state index in [0.717, 1.165) is 48.6 Å². The average molecular weight is 358 g/mol. The number of nitrogens with zero attached hydrogens (tertiary/aromatic N) is 7. The first-order valence-electron chi connectivity index (χ1n) is 8.37. The van der Waals surface area contributed by atoms with E-state index in [9.17, 15) is 0 Å². The Morgan fingerprint density at radius 1 is 1.28 bits per heavy atom. The first-order chi connectivity index (χ1) is 12.1. The molecule has 4 rings (SSSR count). The highest BCUT2D eigenvalue weighted by Crippen LogP contribution is 2.23. The largest absolute Gasteiger partial charge is 0.354 e. The van der Waals surface area contributed by atoms with Gasteiger partial charge in [0.2, 0.25) is 0 Å². The van der Waals surface area contributed by atoms with Gasteiger partial charge in [0.15, 0.2) is 16.6 Å². The van der Waals surface area contributed by atoms with E-state index in [1.807, 2.05) is 44.2 Å². The van der Waals surface area contributed by atoms with Gasteiger partial charge in [0.05, 0.1) is 0 Å². The van der Waals surface area contributed by atoms with Crippen LogP contribution in [0.5, 0.6) is 0 Å². The van der Waals surface area contributed by atoms with Crippen LogP contribution in [0.15, 0.2) is 18.3 Å². The number of anilines is 2. The molecule has 0 saturated carbocycles. The molecule has 25 heavy (non-hydrogen) atoms. The van der Waals surface area contributed by atoms with Crippen LogP contribution in [0.3, 0.4) is 0 Å². The maximum absolute atomic E-state index is 4.62. The van der Waals surface area contributed by atoms with Crippen LogP contribution in [-0.4, -0.2) is 58.5 Å². The zero-order valence-electron chi connectivity index (χ0n) is 14.7. The van der Waals surface area contributed by atoms with Crippen LogP contribution in [0, 0.1) is 12.8 Å². The summed E-state index contributed by atoms with van der Waals surface area (Å²) in [4.78, 5) is 10.0. The fourth-order valence-corrected chi connectivity index (χ4v) is 3.73. The van der Waals surface area contributed by atoms with Gasteiger partial charge in [-0.3, -0.25) is 0 Å². The average Bonchev–Trinajstić information content (AvgIpc) is 3.17. The minimum Gasteiger partial charge on any atom is -0.354 e. The molecule has 8 nitrogen and oxygen atoms in total. The number of hydrogen-bond acceptors (Lipinski definition) is 8. The molecule has 1 aliphatic rings. The molecule has 4 heterocycles. The quantitative estimate of drug-likeness (QED) is 0.709. The summed E-state index contributed by atoms with van der Waals surface area (Å²) in [6, 6.07) is 3.99. The summed E-state index contributed by atoms with van der Waals surface area (Å²) in [5, 5.41) is 17.3. The maximum Gasteiger partial charge on any atom is 0.185 e. The van der Waals surface area contributed by atoms with E-state index in [2.05, 4.69) is 30.5 Å². The van der Waals surface area contributed by atoms with Crippen molar-refractivity contribution in [3.63, 3.8) is 0 Å². The third-order valence-corrected chi connectivity index (χ3v) is 5.51. The number of fused-ring (bicyclic) bond motifs is 1. The molecule has 0 aliphatic carbocycles. The second-order valence-corrected chi connectivity index (χ2v) is 7.71. The van der Waals surface area contributed by atoms with E-state index in [-0.39, 0.29) is 0 Å². The minimum atomic E-state index is 0.653. The van der Waals surface area contributed by atoms with Gasteiger partial charge in [0, 0.05) is 57.3 Å². The Morgan fingerprint density at radius 2 is 2.12 bits per heavy atom. The number of hydrogen-bond donors (Lipinski definition) is 1. The monoisotopic (exact) mass is 358 g/mol. The Kier molecular flexibility index (Phi) is 4.26. The van der Waals surface area contributed by atoms with Crippen molar-refractivity contribution in [2.75, 3.05) is 43.5 Å². The molecule has 0 spiro atoms. The third kappa shape index (κ3) is 3.29. The summed E-state index contributed by atoms with van der Waals surface area (Å²) in [5.74, 6) is 2.46. The van der Waals surface area contributed by atoms with Crippen molar-refractivity contribution in [1.29, 1.82) is 0 Å². The Balaban J connectivity index is 1.26. The molecular weight excluding hydrogens is 336 g/mol. The second kappa shape index (κ2) is 6.57. The molecule has 132 valence electrons. The summed E-state index contributed by atoms with van der Waals surface area (Å²) in [5.41, 5.74) is 0.793. The number of aryl methyl sites for hydroxylation is 1. The fourth-order valence-electron chi connectivity index (χ4n) is 2.93. The lowest BCUT2D eigenvalue weighted by atomic mass is 10.0. The van der Waals surface area contributed by atoms with Crippen molar-refractivity contribution >= 4 is 27.9 Å². The fraction of sp³-hybridized carbons (Fsp3) is 0.500. The highest BCUT2D eigenvalue weighted by Gasteiger charge is 2.27. The Hall–Kier alpha value is -2.26. The molecule has 1 saturated heterocycles. The molecule has 0 atom stereocenters. The van der Waals surface area contributed by atoms with Gasteiger partial charge in [0.1, 0.15) is 5.82 Å². The summed E-state index contributed by atoms with van der Waals surface area (Å²) >= 11 is 1.74. The summed E-state index contributed by atoms with van der Waals surface area (Å²) in [6.45, 7) is 5.86. The summed E-state index contributed by atoms with van der Waals surface area (Å²) in [7, 11) is 4.04. The van der Waals surface area contributed by atoms with E-state index in [1.54, 1.807) is 15.9 Å². The smallest absolute Gasteiger partial charge is 0.185 e. The Bertz CT molecular complexity index is 864. The van der Waals surface area contributed by atoms with Gasteiger partial charge in [-0.05, 0) is 19.1 Å². The zero-order valence-corrected chi connectivity index (χ0v) is 15.5. The molecular formula is C16H22N8S. The third-order valence-electron chi connectivity index (χ3n) is 4.34. The molecule has 0 aromatic carbocycles. The number of thiazole rings is 1. The van der Waals surface area contributed by atoms with Crippen LogP contribution >= 0.6 is 11.3 Å². The van der Waals surface area contributed by atoms with Gasteiger partial charge in [-0.1, -0.05) is 0 Å². The van der Waals surface area contributed by atoms with Crippen LogP contribution in [0.2, 0.25) is 0 Å². The number of aromatic nitrogens is 5. The van der Waals surface area contributed by atoms with Crippen LogP contribution in [0.4, 0.5) is 10.9 Å². The molecule has 0 radical (unpaired) electrons. The van der Waals surface area contributed by atoms with Gasteiger partial charge in [-0.15, -0.1) is 26.6 Å². The summed E-state index contributed by atoms with van der Waals surface area (Å²) < 4.78 is 1.80. The molecule has 1 fully saturated rings. The summed E-state index contributed by atoms with van der Waals surface area (Å²) in [6.07, 6.45) is 1.96. The Labute approximate surface area is 150 Å². The topological polar surface area (TPSA) is 74.5 Å².